The van der Waals surface area contributed by atoms with Crippen LogP contribution in [0.5, 0.6) is 0 Å². The minimum Gasteiger partial charge on any atom is -0.348 e. The Morgan fingerprint density at radius 2 is 1.83 bits per heavy atom. The first kappa shape index (κ1) is 11.9. The van der Waals surface area contributed by atoms with Gasteiger partial charge in [0.1, 0.15) is 0 Å². The van der Waals surface area contributed by atoms with Crippen molar-refractivity contribution in [3.8, 4) is 6.07 Å². The largest absolute Gasteiger partial charge is 0.348 e. The van der Waals surface area contributed by atoms with Gasteiger partial charge in [-0.1, -0.05) is 24.3 Å². The van der Waals surface area contributed by atoms with Gasteiger partial charge < -0.3 is 5.32 Å². The summed E-state index contributed by atoms with van der Waals surface area (Å²) in [4.78, 5) is 11.8. The van der Waals surface area contributed by atoms with E-state index in [-0.39, 0.29) is 5.91 Å². The molecule has 0 fully saturated rings. The lowest BCUT2D eigenvalue weighted by molar-refractivity contribution is 0.0951. The van der Waals surface area contributed by atoms with Crippen LogP contribution in [0.1, 0.15) is 21.5 Å². The van der Waals surface area contributed by atoms with Gasteiger partial charge in [0.05, 0.1) is 11.6 Å². The zero-order valence-electron chi connectivity index (χ0n) is 9.68. The smallest absolute Gasteiger partial charge is 0.251 e. The molecule has 0 spiro atoms. The molecule has 0 unspecified atom stereocenters. The van der Waals surface area contributed by atoms with Gasteiger partial charge in [0, 0.05) is 12.1 Å². The van der Waals surface area contributed by atoms with Crippen molar-refractivity contribution in [1.82, 2.24) is 5.32 Å². The highest BCUT2D eigenvalue weighted by Crippen LogP contribution is 2.04. The standard InChI is InChI=1S/C15H11N2O/c16-10-12-6-8-14(9-7-12)15(18)17-11-13-4-2-1-3-5-13/h2-9H,11H2,(H,17,18). The highest BCUT2D eigenvalue weighted by atomic mass is 16.1. The number of nitrogens with one attached hydrogen (secondary N) is 1. The molecule has 2 aromatic rings. The summed E-state index contributed by atoms with van der Waals surface area (Å²) in [5.74, 6) is -0.146. The quantitative estimate of drug-likeness (QED) is 0.887. The molecule has 2 rings (SSSR count). The van der Waals surface area contributed by atoms with Crippen LogP contribution < -0.4 is 5.32 Å². The van der Waals surface area contributed by atoms with E-state index < -0.39 is 0 Å². The second kappa shape index (κ2) is 5.65. The molecule has 0 aliphatic rings. The molecule has 3 nitrogen and oxygen atoms in total. The Hall–Kier alpha value is -2.60. The van der Waals surface area contributed by atoms with Crippen molar-refractivity contribution in [3.63, 3.8) is 0 Å². The van der Waals surface area contributed by atoms with Crippen molar-refractivity contribution in [2.75, 3.05) is 0 Å². The lowest BCUT2D eigenvalue weighted by Crippen LogP contribution is -2.22. The van der Waals surface area contributed by atoms with Crippen LogP contribution in [-0.4, -0.2) is 5.91 Å². The SMILES string of the molecule is N#Cc1ccc(C(=O)NCc2cc[c]cc2)cc1. The van der Waals surface area contributed by atoms with Gasteiger partial charge in [0.15, 0.2) is 0 Å². The van der Waals surface area contributed by atoms with Crippen LogP contribution in [0.25, 0.3) is 0 Å². The fourth-order valence-electron chi connectivity index (χ4n) is 1.52. The fraction of sp³-hybridized carbons (Fsp3) is 0.0667. The molecule has 0 bridgehead atoms. The van der Waals surface area contributed by atoms with E-state index in [0.717, 1.165) is 5.56 Å². The Morgan fingerprint density at radius 3 is 2.44 bits per heavy atom. The summed E-state index contributed by atoms with van der Waals surface area (Å²) in [7, 11) is 0. The first-order valence-corrected chi connectivity index (χ1v) is 5.53. The summed E-state index contributed by atoms with van der Waals surface area (Å²) in [5, 5.41) is 11.5. The molecular formula is C15H11N2O. The van der Waals surface area contributed by atoms with Gasteiger partial charge in [-0.15, -0.1) is 0 Å². The van der Waals surface area contributed by atoms with E-state index in [4.69, 9.17) is 5.26 Å². The summed E-state index contributed by atoms with van der Waals surface area (Å²) in [5.41, 5.74) is 2.12. The molecule has 1 radical (unpaired) electrons. The van der Waals surface area contributed by atoms with E-state index in [0.29, 0.717) is 17.7 Å². The minimum atomic E-state index is -0.146. The number of rotatable bonds is 3. The van der Waals surface area contributed by atoms with Crippen molar-refractivity contribution in [2.24, 2.45) is 0 Å². The van der Waals surface area contributed by atoms with Crippen LogP contribution in [0.4, 0.5) is 0 Å². The predicted octanol–water partition coefficient (Wildman–Crippen LogP) is 2.29. The van der Waals surface area contributed by atoms with Gasteiger partial charge in [-0.05, 0) is 35.9 Å². The van der Waals surface area contributed by atoms with E-state index >= 15 is 0 Å². The third-order valence-corrected chi connectivity index (χ3v) is 2.52. The number of benzene rings is 2. The van der Waals surface area contributed by atoms with Gasteiger partial charge in [-0.2, -0.15) is 5.26 Å². The van der Waals surface area contributed by atoms with Gasteiger partial charge >= 0.3 is 0 Å². The van der Waals surface area contributed by atoms with E-state index in [2.05, 4.69) is 11.4 Å². The fourth-order valence-corrected chi connectivity index (χ4v) is 1.52. The molecule has 87 valence electrons. The van der Waals surface area contributed by atoms with E-state index in [1.54, 1.807) is 24.3 Å². The van der Waals surface area contributed by atoms with Gasteiger partial charge in [-0.3, -0.25) is 4.79 Å². The maximum absolute atomic E-state index is 11.8. The van der Waals surface area contributed by atoms with Crippen LogP contribution in [0.2, 0.25) is 0 Å². The van der Waals surface area contributed by atoms with Gasteiger partial charge in [0.2, 0.25) is 0 Å². The second-order valence-electron chi connectivity index (χ2n) is 3.78. The summed E-state index contributed by atoms with van der Waals surface area (Å²) < 4.78 is 0. The Kier molecular flexibility index (Phi) is 3.72. The third kappa shape index (κ3) is 2.96. The topological polar surface area (TPSA) is 52.9 Å². The number of nitriles is 1. The molecule has 0 saturated heterocycles. The molecule has 0 atom stereocenters. The van der Waals surface area contributed by atoms with E-state index in [1.165, 1.54) is 0 Å². The molecule has 3 heteroatoms. The number of amides is 1. The summed E-state index contributed by atoms with van der Waals surface area (Å²) in [6.07, 6.45) is 0. The highest BCUT2D eigenvalue weighted by Gasteiger charge is 2.04. The summed E-state index contributed by atoms with van der Waals surface area (Å²) in [6.45, 7) is 0.480. The van der Waals surface area contributed by atoms with Crippen LogP contribution >= 0.6 is 0 Å². The lowest BCUT2D eigenvalue weighted by Gasteiger charge is -2.05. The minimum absolute atomic E-state index is 0.146. The lowest BCUT2D eigenvalue weighted by atomic mass is 10.1. The molecule has 1 amide bonds. The van der Waals surface area contributed by atoms with Crippen molar-refractivity contribution >= 4 is 5.91 Å². The van der Waals surface area contributed by atoms with Crippen molar-refractivity contribution < 1.29 is 4.79 Å². The molecule has 18 heavy (non-hydrogen) atoms. The number of hydrogen-bond acceptors (Lipinski definition) is 2. The molecule has 0 aromatic heterocycles. The van der Waals surface area contributed by atoms with E-state index in [9.17, 15) is 4.79 Å². The third-order valence-electron chi connectivity index (χ3n) is 2.52. The first-order valence-electron chi connectivity index (χ1n) is 5.53. The van der Waals surface area contributed by atoms with Crippen LogP contribution in [-0.2, 0) is 6.54 Å². The highest BCUT2D eigenvalue weighted by molar-refractivity contribution is 5.94. The molecule has 0 aliphatic carbocycles. The zero-order chi connectivity index (χ0) is 12.8. The van der Waals surface area contributed by atoms with Crippen LogP contribution in [0.3, 0.4) is 0 Å². The van der Waals surface area contributed by atoms with Crippen molar-refractivity contribution in [2.45, 2.75) is 6.54 Å². The number of hydrogen-bond donors (Lipinski definition) is 1. The number of carbonyl (C=O) groups is 1. The second-order valence-corrected chi connectivity index (χ2v) is 3.78. The predicted molar refractivity (Wildman–Crippen MR) is 67.6 cm³/mol. The molecular weight excluding hydrogens is 224 g/mol. The van der Waals surface area contributed by atoms with Crippen molar-refractivity contribution in [3.05, 3.63) is 71.3 Å². The molecule has 0 aliphatic heterocycles. The monoisotopic (exact) mass is 235 g/mol. The average molecular weight is 235 g/mol. The van der Waals surface area contributed by atoms with Gasteiger partial charge in [-0.25, -0.2) is 0 Å². The molecule has 2 aromatic carbocycles. The maximum atomic E-state index is 11.8. The molecule has 0 heterocycles. The Balaban J connectivity index is 1.98. The Bertz CT molecular complexity index is 568. The average Bonchev–Trinajstić information content (AvgIpc) is 2.46. The summed E-state index contributed by atoms with van der Waals surface area (Å²) in [6, 6.07) is 18.9. The summed E-state index contributed by atoms with van der Waals surface area (Å²) >= 11 is 0. The molecule has 0 saturated carbocycles. The molecule has 1 N–H and O–H groups in total. The van der Waals surface area contributed by atoms with Crippen LogP contribution in [0, 0.1) is 17.4 Å². The van der Waals surface area contributed by atoms with Crippen molar-refractivity contribution in [1.29, 1.82) is 5.26 Å². The number of nitrogens with zero attached hydrogens (tertiary/aromatic N) is 1. The number of carbonyl (C=O) groups excluding carboxylic acids is 1. The normalized spacial score (nSPS) is 9.50. The van der Waals surface area contributed by atoms with E-state index in [1.807, 2.05) is 30.3 Å². The maximum Gasteiger partial charge on any atom is 0.251 e. The van der Waals surface area contributed by atoms with Crippen LogP contribution in [0.15, 0.2) is 48.5 Å². The van der Waals surface area contributed by atoms with Gasteiger partial charge in [0.25, 0.3) is 5.91 Å². The Labute approximate surface area is 106 Å². The Morgan fingerprint density at radius 1 is 1.17 bits per heavy atom. The zero-order valence-corrected chi connectivity index (χ0v) is 9.68. The first-order chi connectivity index (χ1) is 8.79.